The molecule has 0 aliphatic heterocycles. The number of para-hydroxylation sites is 3. The second-order valence-electron chi connectivity index (χ2n) is 5.35. The van der Waals surface area contributed by atoms with Crippen LogP contribution in [0.4, 0.5) is 17.3 Å². The predicted molar refractivity (Wildman–Crippen MR) is 101 cm³/mol. The maximum absolute atomic E-state index is 11.6. The van der Waals surface area contributed by atoms with Crippen LogP contribution in [0.2, 0.25) is 0 Å². The minimum atomic E-state index is -3.38. The van der Waals surface area contributed by atoms with Crippen LogP contribution in [0.5, 0.6) is 11.5 Å². The fourth-order valence-corrected chi connectivity index (χ4v) is 2.67. The molecule has 134 valence electrons. The molecule has 0 unspecified atom stereocenters. The molecule has 3 aromatic rings. The van der Waals surface area contributed by atoms with Crippen LogP contribution in [0.3, 0.4) is 0 Å². The highest BCUT2D eigenvalue weighted by atomic mass is 32.2. The zero-order valence-electron chi connectivity index (χ0n) is 14.1. The van der Waals surface area contributed by atoms with Crippen molar-refractivity contribution in [1.29, 1.82) is 0 Å². The van der Waals surface area contributed by atoms with Gasteiger partial charge in [-0.05, 0) is 43.3 Å². The van der Waals surface area contributed by atoms with E-state index >= 15 is 0 Å². The van der Waals surface area contributed by atoms with Crippen LogP contribution >= 0.6 is 0 Å². The van der Waals surface area contributed by atoms with Gasteiger partial charge in [-0.1, -0.05) is 30.3 Å². The fourth-order valence-electron chi connectivity index (χ4n) is 2.10. The number of rotatable bonds is 7. The van der Waals surface area contributed by atoms with Crippen LogP contribution in [0.15, 0.2) is 66.7 Å². The molecule has 1 heterocycles. The Hall–Kier alpha value is -3.13. The maximum atomic E-state index is 11.6. The summed E-state index contributed by atoms with van der Waals surface area (Å²) in [5.41, 5.74) is 0.715. The third-order valence-corrected chi connectivity index (χ3v) is 4.71. The lowest BCUT2D eigenvalue weighted by molar-refractivity contribution is 0.485. The molecule has 0 saturated carbocycles. The minimum absolute atomic E-state index is 0.0289. The number of sulfonamides is 1. The molecule has 2 aromatic carbocycles. The first-order valence-corrected chi connectivity index (χ1v) is 9.64. The molecule has 8 heteroatoms. The van der Waals surface area contributed by atoms with E-state index in [1.54, 1.807) is 19.1 Å². The van der Waals surface area contributed by atoms with Crippen LogP contribution < -0.4 is 14.8 Å². The van der Waals surface area contributed by atoms with E-state index in [9.17, 15) is 8.42 Å². The lowest BCUT2D eigenvalue weighted by atomic mass is 10.3. The Kier molecular flexibility index (Phi) is 5.33. The molecule has 7 nitrogen and oxygen atoms in total. The zero-order chi connectivity index (χ0) is 18.4. The van der Waals surface area contributed by atoms with Gasteiger partial charge in [0.05, 0.1) is 11.4 Å². The molecule has 1 aromatic heterocycles. The van der Waals surface area contributed by atoms with Gasteiger partial charge in [0.2, 0.25) is 10.0 Å². The van der Waals surface area contributed by atoms with E-state index in [0.29, 0.717) is 17.3 Å². The third kappa shape index (κ3) is 4.70. The van der Waals surface area contributed by atoms with Gasteiger partial charge in [0.1, 0.15) is 5.75 Å². The van der Waals surface area contributed by atoms with Crippen LogP contribution in [0, 0.1) is 0 Å². The molecule has 0 saturated heterocycles. The summed E-state index contributed by atoms with van der Waals surface area (Å²) in [6, 6.07) is 20.1. The lowest BCUT2D eigenvalue weighted by Gasteiger charge is -2.12. The molecule has 0 atom stereocenters. The molecule has 26 heavy (non-hydrogen) atoms. The van der Waals surface area contributed by atoms with Gasteiger partial charge in [0.15, 0.2) is 17.4 Å². The summed E-state index contributed by atoms with van der Waals surface area (Å²) in [4.78, 5) is 0. The summed E-state index contributed by atoms with van der Waals surface area (Å²) >= 11 is 0. The number of hydrogen-bond acceptors (Lipinski definition) is 6. The largest absolute Gasteiger partial charge is 0.455 e. The summed E-state index contributed by atoms with van der Waals surface area (Å²) in [6.07, 6.45) is 0. The van der Waals surface area contributed by atoms with E-state index in [2.05, 4.69) is 20.2 Å². The number of hydrogen-bond donors (Lipinski definition) is 2. The van der Waals surface area contributed by atoms with Crippen LogP contribution in [0.1, 0.15) is 6.92 Å². The van der Waals surface area contributed by atoms with Gasteiger partial charge in [-0.25, -0.2) is 8.42 Å². The Morgan fingerprint density at radius 3 is 2.23 bits per heavy atom. The smallest absolute Gasteiger partial charge is 0.233 e. The SMILES string of the molecule is CCS(=O)(=O)Nc1ccc(Nc2ccccc2Oc2ccccc2)nn1. The van der Waals surface area contributed by atoms with Gasteiger partial charge in [-0.2, -0.15) is 0 Å². The van der Waals surface area contributed by atoms with Gasteiger partial charge >= 0.3 is 0 Å². The Morgan fingerprint density at radius 2 is 1.54 bits per heavy atom. The highest BCUT2D eigenvalue weighted by molar-refractivity contribution is 7.92. The van der Waals surface area contributed by atoms with E-state index in [-0.39, 0.29) is 11.6 Å². The van der Waals surface area contributed by atoms with Crippen molar-refractivity contribution in [3.05, 3.63) is 66.7 Å². The second kappa shape index (κ2) is 7.83. The molecule has 0 radical (unpaired) electrons. The van der Waals surface area contributed by atoms with Crippen LogP contribution in [0.25, 0.3) is 0 Å². The Balaban J connectivity index is 1.75. The molecule has 0 spiro atoms. The average Bonchev–Trinajstić information content (AvgIpc) is 2.66. The summed E-state index contributed by atoms with van der Waals surface area (Å²) in [7, 11) is -3.38. The highest BCUT2D eigenvalue weighted by Gasteiger charge is 2.09. The number of anilines is 3. The van der Waals surface area contributed by atoms with Crippen LogP contribution in [-0.4, -0.2) is 24.4 Å². The first-order valence-electron chi connectivity index (χ1n) is 7.99. The second-order valence-corrected chi connectivity index (χ2v) is 7.36. The summed E-state index contributed by atoms with van der Waals surface area (Å²) in [5, 5.41) is 11.0. The summed E-state index contributed by atoms with van der Waals surface area (Å²) in [5.74, 6) is 1.96. The van der Waals surface area contributed by atoms with Crippen molar-refractivity contribution in [3.8, 4) is 11.5 Å². The van der Waals surface area contributed by atoms with E-state index in [1.165, 1.54) is 0 Å². The highest BCUT2D eigenvalue weighted by Crippen LogP contribution is 2.30. The van der Waals surface area contributed by atoms with Crippen molar-refractivity contribution >= 4 is 27.3 Å². The van der Waals surface area contributed by atoms with Gasteiger partial charge in [-0.3, -0.25) is 4.72 Å². The summed E-state index contributed by atoms with van der Waals surface area (Å²) < 4.78 is 31.3. The number of nitrogens with one attached hydrogen (secondary N) is 2. The number of aromatic nitrogens is 2. The Bertz CT molecular complexity index is 961. The lowest BCUT2D eigenvalue weighted by Crippen LogP contribution is -2.15. The quantitative estimate of drug-likeness (QED) is 0.657. The van der Waals surface area contributed by atoms with Crippen molar-refractivity contribution in [2.24, 2.45) is 0 Å². The number of benzene rings is 2. The maximum Gasteiger partial charge on any atom is 0.233 e. The fraction of sp³-hybridized carbons (Fsp3) is 0.111. The van der Waals surface area contributed by atoms with E-state index in [0.717, 1.165) is 5.75 Å². The first-order chi connectivity index (χ1) is 12.6. The normalized spacial score (nSPS) is 11.0. The van der Waals surface area contributed by atoms with Crippen molar-refractivity contribution < 1.29 is 13.2 Å². The molecule has 0 amide bonds. The molecular weight excluding hydrogens is 352 g/mol. The van der Waals surface area contributed by atoms with Crippen molar-refractivity contribution in [2.45, 2.75) is 6.92 Å². The van der Waals surface area contributed by atoms with Crippen LogP contribution in [-0.2, 0) is 10.0 Å². The molecule has 0 aliphatic carbocycles. The average molecular weight is 370 g/mol. The molecule has 0 fully saturated rings. The van der Waals surface area contributed by atoms with Crippen molar-refractivity contribution in [2.75, 3.05) is 15.8 Å². The molecule has 3 rings (SSSR count). The van der Waals surface area contributed by atoms with Gasteiger partial charge in [0, 0.05) is 0 Å². The van der Waals surface area contributed by atoms with Crippen molar-refractivity contribution in [1.82, 2.24) is 10.2 Å². The Morgan fingerprint density at radius 1 is 0.885 bits per heavy atom. The Labute approximate surface area is 152 Å². The number of nitrogens with zero attached hydrogens (tertiary/aromatic N) is 2. The van der Waals surface area contributed by atoms with E-state index in [4.69, 9.17) is 4.74 Å². The molecular formula is C18H18N4O3S. The summed E-state index contributed by atoms with van der Waals surface area (Å²) in [6.45, 7) is 1.55. The molecule has 2 N–H and O–H groups in total. The topological polar surface area (TPSA) is 93.2 Å². The zero-order valence-corrected chi connectivity index (χ0v) is 14.9. The standard InChI is InChI=1S/C18H18N4O3S/c1-2-26(23,24)22-18-13-12-17(20-21-18)19-15-10-6-7-11-16(15)25-14-8-4-3-5-9-14/h3-13H,2H2,1H3,(H,19,20)(H,21,22). The van der Waals surface area contributed by atoms with E-state index in [1.807, 2.05) is 54.6 Å². The monoisotopic (exact) mass is 370 g/mol. The predicted octanol–water partition coefficient (Wildman–Crippen LogP) is 3.77. The molecule has 0 aliphatic rings. The van der Waals surface area contributed by atoms with Gasteiger partial charge in [-0.15, -0.1) is 10.2 Å². The van der Waals surface area contributed by atoms with Gasteiger partial charge < -0.3 is 10.1 Å². The minimum Gasteiger partial charge on any atom is -0.455 e. The third-order valence-electron chi connectivity index (χ3n) is 3.43. The van der Waals surface area contributed by atoms with Gasteiger partial charge in [0.25, 0.3) is 0 Å². The number of ether oxygens (including phenoxy) is 1. The van der Waals surface area contributed by atoms with Crippen molar-refractivity contribution in [3.63, 3.8) is 0 Å². The van der Waals surface area contributed by atoms with E-state index < -0.39 is 10.0 Å². The molecule has 0 bridgehead atoms. The first kappa shape index (κ1) is 17.7.